The van der Waals surface area contributed by atoms with E-state index in [9.17, 15) is 9.18 Å². The van der Waals surface area contributed by atoms with E-state index in [0.717, 1.165) is 29.9 Å². The average molecular weight is 324 g/mol. The third-order valence-electron chi connectivity index (χ3n) is 4.12. The van der Waals surface area contributed by atoms with E-state index in [0.29, 0.717) is 19.7 Å². The maximum absolute atomic E-state index is 13.3. The number of hydrogen-bond acceptors (Lipinski definition) is 3. The maximum atomic E-state index is 13.3. The second-order valence-electron chi connectivity index (χ2n) is 5.70. The first kappa shape index (κ1) is 15.6. The first-order valence-electron chi connectivity index (χ1n) is 7.72. The van der Waals surface area contributed by atoms with E-state index in [1.165, 1.54) is 12.1 Å². The Morgan fingerprint density at radius 3 is 2.95 bits per heavy atom. The molecule has 2 saturated heterocycles. The number of hydrogen-bond donors (Lipinski definition) is 1. The van der Waals surface area contributed by atoms with Gasteiger partial charge in [0.25, 0.3) is 0 Å². The molecule has 2 fully saturated rings. The molecule has 0 saturated carbocycles. The van der Waals surface area contributed by atoms with E-state index in [2.05, 4.69) is 5.32 Å². The zero-order chi connectivity index (χ0) is 15.4. The van der Waals surface area contributed by atoms with Crippen molar-refractivity contribution in [1.82, 2.24) is 10.2 Å². The highest BCUT2D eigenvalue weighted by Crippen LogP contribution is 2.23. The molecule has 0 unspecified atom stereocenters. The lowest BCUT2D eigenvalue weighted by molar-refractivity contribution is -0.0159. The Labute approximate surface area is 134 Å². The molecule has 0 aromatic heterocycles. The van der Waals surface area contributed by atoms with Gasteiger partial charge in [-0.1, -0.05) is 12.1 Å². The van der Waals surface area contributed by atoms with E-state index >= 15 is 0 Å². The minimum atomic E-state index is -0.276. The van der Waals surface area contributed by atoms with Gasteiger partial charge in [0, 0.05) is 12.6 Å². The molecular formula is C16H21FN2O2S. The van der Waals surface area contributed by atoms with Crippen LogP contribution in [-0.2, 0) is 4.74 Å². The number of thioether (sulfide) groups is 1. The number of nitrogens with zero attached hydrogens (tertiary/aromatic N) is 1. The molecule has 2 heterocycles. The molecule has 0 radical (unpaired) electrons. The topological polar surface area (TPSA) is 41.6 Å². The molecule has 2 amide bonds. The summed E-state index contributed by atoms with van der Waals surface area (Å²) in [7, 11) is 0. The highest BCUT2D eigenvalue weighted by atomic mass is 32.2. The summed E-state index contributed by atoms with van der Waals surface area (Å²) >= 11 is 1.94. The Hall–Kier alpha value is -1.27. The van der Waals surface area contributed by atoms with Crippen LogP contribution in [0.4, 0.5) is 9.18 Å². The molecule has 22 heavy (non-hydrogen) atoms. The highest BCUT2D eigenvalue weighted by Gasteiger charge is 2.27. The average Bonchev–Trinajstić information content (AvgIpc) is 2.56. The van der Waals surface area contributed by atoms with Crippen molar-refractivity contribution in [2.24, 2.45) is 0 Å². The van der Waals surface area contributed by atoms with Crippen LogP contribution in [0.5, 0.6) is 0 Å². The van der Waals surface area contributed by atoms with Crippen molar-refractivity contribution in [3.8, 4) is 0 Å². The van der Waals surface area contributed by atoms with E-state index < -0.39 is 0 Å². The molecule has 1 aromatic carbocycles. The third-order valence-corrected chi connectivity index (χ3v) is 5.17. The zero-order valence-corrected chi connectivity index (χ0v) is 13.3. The van der Waals surface area contributed by atoms with Crippen LogP contribution in [0.2, 0.25) is 0 Å². The SMILES string of the molecule is O=C(NC1CCSCC1)N1CCO[C@@H](c2cccc(F)c2)C1. The van der Waals surface area contributed by atoms with E-state index in [1.807, 2.05) is 17.8 Å². The summed E-state index contributed by atoms with van der Waals surface area (Å²) in [5, 5.41) is 3.12. The van der Waals surface area contributed by atoms with E-state index in [-0.39, 0.29) is 24.0 Å². The van der Waals surface area contributed by atoms with Crippen molar-refractivity contribution in [2.75, 3.05) is 31.2 Å². The fraction of sp³-hybridized carbons (Fsp3) is 0.562. The van der Waals surface area contributed by atoms with Gasteiger partial charge in [0.2, 0.25) is 0 Å². The summed E-state index contributed by atoms with van der Waals surface area (Å²) in [5.74, 6) is 1.95. The second kappa shape index (κ2) is 7.33. The van der Waals surface area contributed by atoms with Crippen LogP contribution in [-0.4, -0.2) is 48.2 Å². The Morgan fingerprint density at radius 1 is 1.36 bits per heavy atom. The number of rotatable bonds is 2. The molecule has 1 N–H and O–H groups in total. The van der Waals surface area contributed by atoms with Gasteiger partial charge in [-0.05, 0) is 42.0 Å². The van der Waals surface area contributed by atoms with Crippen LogP contribution in [0.3, 0.4) is 0 Å². The molecule has 1 atom stereocenters. The van der Waals surface area contributed by atoms with Crippen molar-refractivity contribution in [1.29, 1.82) is 0 Å². The first-order valence-corrected chi connectivity index (χ1v) is 8.88. The predicted octanol–water partition coefficient (Wildman–Crippen LogP) is 2.80. The van der Waals surface area contributed by atoms with Crippen LogP contribution in [0.1, 0.15) is 24.5 Å². The summed E-state index contributed by atoms with van der Waals surface area (Å²) in [6, 6.07) is 6.66. The number of urea groups is 1. The van der Waals surface area contributed by atoms with E-state index in [4.69, 9.17) is 4.74 Å². The summed E-state index contributed by atoms with van der Waals surface area (Å²) in [5.41, 5.74) is 0.784. The fourth-order valence-electron chi connectivity index (χ4n) is 2.85. The Bertz CT molecular complexity index is 523. The Balaban J connectivity index is 1.58. The molecule has 0 spiro atoms. The molecule has 3 rings (SSSR count). The lowest BCUT2D eigenvalue weighted by Gasteiger charge is -2.34. The van der Waals surface area contributed by atoms with Crippen molar-refractivity contribution >= 4 is 17.8 Å². The third kappa shape index (κ3) is 3.93. The van der Waals surface area contributed by atoms with Gasteiger partial charge in [-0.3, -0.25) is 0 Å². The highest BCUT2D eigenvalue weighted by molar-refractivity contribution is 7.99. The fourth-order valence-corrected chi connectivity index (χ4v) is 3.96. The van der Waals surface area contributed by atoms with Gasteiger partial charge in [-0.25, -0.2) is 9.18 Å². The number of carbonyl (C=O) groups is 1. The number of amides is 2. The summed E-state index contributed by atoms with van der Waals surface area (Å²) in [6.45, 7) is 1.53. The molecule has 120 valence electrons. The minimum Gasteiger partial charge on any atom is -0.370 e. The molecule has 6 heteroatoms. The number of morpholine rings is 1. The number of halogens is 1. The number of benzene rings is 1. The van der Waals surface area contributed by atoms with Crippen LogP contribution < -0.4 is 5.32 Å². The van der Waals surface area contributed by atoms with Crippen molar-refractivity contribution in [2.45, 2.75) is 25.0 Å². The Morgan fingerprint density at radius 2 is 2.18 bits per heavy atom. The summed E-state index contributed by atoms with van der Waals surface area (Å²) in [4.78, 5) is 14.2. The predicted molar refractivity (Wildman–Crippen MR) is 85.5 cm³/mol. The zero-order valence-electron chi connectivity index (χ0n) is 12.5. The summed E-state index contributed by atoms with van der Waals surface area (Å²) in [6.07, 6.45) is 1.82. The lowest BCUT2D eigenvalue weighted by Crippen LogP contribution is -2.50. The smallest absolute Gasteiger partial charge is 0.317 e. The van der Waals surface area contributed by atoms with Crippen LogP contribution in [0, 0.1) is 5.82 Å². The van der Waals surface area contributed by atoms with Crippen LogP contribution >= 0.6 is 11.8 Å². The van der Waals surface area contributed by atoms with Crippen molar-refractivity contribution < 1.29 is 13.9 Å². The quantitative estimate of drug-likeness (QED) is 0.909. The van der Waals surface area contributed by atoms with Crippen molar-refractivity contribution in [3.63, 3.8) is 0 Å². The first-order chi connectivity index (χ1) is 10.7. The van der Waals surface area contributed by atoms with Gasteiger partial charge >= 0.3 is 6.03 Å². The molecule has 0 aliphatic carbocycles. The van der Waals surface area contributed by atoms with Gasteiger partial charge in [0.05, 0.1) is 13.2 Å². The largest absolute Gasteiger partial charge is 0.370 e. The minimum absolute atomic E-state index is 0.0263. The monoisotopic (exact) mass is 324 g/mol. The number of ether oxygens (including phenoxy) is 1. The molecule has 0 bridgehead atoms. The standard InChI is InChI=1S/C16H21FN2O2S/c17-13-3-1-2-12(10-13)15-11-19(6-7-21-15)16(20)18-14-4-8-22-9-5-14/h1-3,10,14-15H,4-9,11H2,(H,18,20)/t15-/m1/s1. The number of carbonyl (C=O) groups excluding carboxylic acids is 1. The van der Waals surface area contributed by atoms with Crippen LogP contribution in [0.25, 0.3) is 0 Å². The number of nitrogens with one attached hydrogen (secondary N) is 1. The normalized spacial score (nSPS) is 23.3. The van der Waals surface area contributed by atoms with Gasteiger partial charge < -0.3 is 15.0 Å². The Kier molecular flexibility index (Phi) is 5.20. The lowest BCUT2D eigenvalue weighted by atomic mass is 10.1. The summed E-state index contributed by atoms with van der Waals surface area (Å²) < 4.78 is 19.0. The van der Waals surface area contributed by atoms with Crippen molar-refractivity contribution in [3.05, 3.63) is 35.6 Å². The molecule has 2 aliphatic rings. The molecular weight excluding hydrogens is 303 g/mol. The van der Waals surface area contributed by atoms with Crippen LogP contribution in [0.15, 0.2) is 24.3 Å². The molecule has 1 aromatic rings. The second-order valence-corrected chi connectivity index (χ2v) is 6.92. The van der Waals surface area contributed by atoms with Gasteiger partial charge in [0.1, 0.15) is 11.9 Å². The van der Waals surface area contributed by atoms with Gasteiger partial charge in [-0.2, -0.15) is 11.8 Å². The molecule has 2 aliphatic heterocycles. The maximum Gasteiger partial charge on any atom is 0.317 e. The molecule has 4 nitrogen and oxygen atoms in total. The van der Waals surface area contributed by atoms with Gasteiger partial charge in [-0.15, -0.1) is 0 Å². The van der Waals surface area contributed by atoms with E-state index in [1.54, 1.807) is 11.0 Å². The van der Waals surface area contributed by atoms with Gasteiger partial charge in [0.15, 0.2) is 0 Å².